The zero-order chi connectivity index (χ0) is 38.2. The number of aliphatic hydroxyl groups excluding tert-OH is 4. The molecule has 0 heterocycles. The first-order valence-corrected chi connectivity index (χ1v) is 19.5. The number of carboxylic acid groups (broad SMARTS) is 2. The molecule has 0 radical (unpaired) electrons. The van der Waals surface area contributed by atoms with Crippen LogP contribution in [0.15, 0.2) is 47.6 Å². The average molecular weight is 789 g/mol. The van der Waals surface area contributed by atoms with Crippen LogP contribution in [0.2, 0.25) is 0 Å². The van der Waals surface area contributed by atoms with Crippen LogP contribution in [-0.2, 0) is 9.59 Å². The average Bonchev–Trinajstić information content (AvgIpc) is 3.83. The fourth-order valence-electron chi connectivity index (χ4n) is 8.63. The summed E-state index contributed by atoms with van der Waals surface area (Å²) in [6, 6.07) is 0. The largest absolute Gasteiger partial charge is 0.481 e. The van der Waals surface area contributed by atoms with Crippen LogP contribution in [0.5, 0.6) is 0 Å². The third-order valence-electron chi connectivity index (χ3n) is 11.7. The van der Waals surface area contributed by atoms with E-state index in [0.29, 0.717) is 49.4 Å². The number of aliphatic carboxylic acids is 2. The van der Waals surface area contributed by atoms with E-state index in [1.165, 1.54) is 11.1 Å². The van der Waals surface area contributed by atoms with Crippen LogP contribution >= 0.6 is 27.0 Å². The van der Waals surface area contributed by atoms with E-state index in [-0.39, 0.29) is 75.7 Å². The van der Waals surface area contributed by atoms with Crippen LogP contribution < -0.4 is 0 Å². The second-order valence-electron chi connectivity index (χ2n) is 15.7. The van der Waals surface area contributed by atoms with Crippen molar-refractivity contribution in [3.8, 4) is 23.7 Å². The number of hydrogen-bond donors (Lipinski definition) is 6. The second-order valence-corrected chi connectivity index (χ2v) is 15.7. The van der Waals surface area contributed by atoms with E-state index in [9.17, 15) is 30.0 Å². The van der Waals surface area contributed by atoms with Crippen molar-refractivity contribution < 1.29 is 40.2 Å². The Labute approximate surface area is 338 Å². The number of allylic oxidation sites excluding steroid dienone is 4. The minimum Gasteiger partial charge on any atom is -0.481 e. The van der Waals surface area contributed by atoms with Gasteiger partial charge in [-0.3, -0.25) is 9.59 Å². The lowest BCUT2D eigenvalue weighted by atomic mass is 9.89. The number of carbonyl (C=O) groups is 2. The quantitative estimate of drug-likeness (QED) is 0.0541. The van der Waals surface area contributed by atoms with E-state index >= 15 is 0 Å². The first kappa shape index (κ1) is 49.6. The Morgan fingerprint density at radius 2 is 1.06 bits per heavy atom. The third kappa shape index (κ3) is 16.0. The zero-order valence-corrected chi connectivity index (χ0v) is 34.8. The van der Waals surface area contributed by atoms with E-state index in [2.05, 4.69) is 35.8 Å². The second kappa shape index (κ2) is 25.7. The maximum absolute atomic E-state index is 10.6. The lowest BCUT2D eigenvalue weighted by molar-refractivity contribution is -0.138. The van der Waals surface area contributed by atoms with E-state index < -0.39 is 24.1 Å². The van der Waals surface area contributed by atoms with E-state index in [4.69, 9.17) is 10.2 Å². The van der Waals surface area contributed by atoms with Crippen LogP contribution in [0.4, 0.5) is 0 Å². The van der Waals surface area contributed by atoms with E-state index in [1.54, 1.807) is 13.8 Å². The maximum Gasteiger partial charge on any atom is 0.303 e. The molecule has 8 nitrogen and oxygen atoms in total. The summed E-state index contributed by atoms with van der Waals surface area (Å²) in [5.41, 5.74) is 2.81. The normalized spacial score (nSPS) is 30.4. The maximum atomic E-state index is 10.6. The van der Waals surface area contributed by atoms with Gasteiger partial charge in [-0.05, 0) is 114 Å². The zero-order valence-electron chi connectivity index (χ0n) is 32.8. The number of carboxylic acids is 2. The summed E-state index contributed by atoms with van der Waals surface area (Å²) in [5.74, 6) is 12.5. The van der Waals surface area contributed by atoms with Crippen LogP contribution in [0.25, 0.3) is 0 Å². The molecule has 54 heavy (non-hydrogen) atoms. The lowest BCUT2D eigenvalue weighted by Crippen LogP contribution is -2.19. The molecule has 4 aliphatic rings. The van der Waals surface area contributed by atoms with Crippen molar-refractivity contribution in [3.05, 3.63) is 47.6 Å². The molecule has 304 valence electrons. The highest BCUT2D eigenvalue weighted by molar-refractivity contribution is 7.59. The molecule has 0 spiro atoms. The minimum atomic E-state index is -0.738. The number of hydrogen-bond acceptors (Lipinski definition) is 6. The first-order valence-electron chi connectivity index (χ1n) is 19.5. The van der Waals surface area contributed by atoms with Gasteiger partial charge in [0.2, 0.25) is 0 Å². The third-order valence-corrected chi connectivity index (χ3v) is 11.7. The fourth-order valence-corrected chi connectivity index (χ4v) is 8.63. The number of fused-ring (bicyclic) bond motifs is 2. The highest BCUT2D eigenvalue weighted by atomic mass is 32.1. The summed E-state index contributed by atoms with van der Waals surface area (Å²) in [6.07, 6.45) is 20.8. The fraction of sp³-hybridized carbons (Fsp3) is 0.682. The van der Waals surface area contributed by atoms with Crippen LogP contribution in [0.3, 0.4) is 0 Å². The lowest BCUT2D eigenvalue weighted by Gasteiger charge is -2.19. The van der Waals surface area contributed by atoms with E-state index in [0.717, 1.165) is 51.4 Å². The first-order chi connectivity index (χ1) is 24.8. The van der Waals surface area contributed by atoms with Gasteiger partial charge in [-0.15, -0.1) is 23.7 Å². The molecule has 0 bridgehead atoms. The van der Waals surface area contributed by atoms with Crippen molar-refractivity contribution in [1.82, 2.24) is 0 Å². The Bertz CT molecular complexity index is 1310. The van der Waals surface area contributed by atoms with Crippen molar-refractivity contribution in [2.75, 3.05) is 0 Å². The SMILES string of the molecule is CC#CCC(C)[C@H](O)/C=C/[C@H]1[C@H](O)CC2C/C(=C\CCCC(=O)O)C[C@@H]21.CC#CC[C@H](C)[C@H](O)/C=C/[C@H]1[C@H](O)CC2C/C(=C\CCCC(=O)O)C[C@@H]21.S.S. The van der Waals surface area contributed by atoms with Crippen LogP contribution in [-0.4, -0.2) is 67.0 Å². The van der Waals surface area contributed by atoms with Gasteiger partial charge in [0.05, 0.1) is 24.4 Å². The Morgan fingerprint density at radius 1 is 0.685 bits per heavy atom. The Hall–Kier alpha value is -2.44. The molecule has 0 aliphatic heterocycles. The highest BCUT2D eigenvalue weighted by Crippen LogP contribution is 2.51. The summed E-state index contributed by atoms with van der Waals surface area (Å²) < 4.78 is 0. The van der Waals surface area contributed by atoms with Gasteiger partial charge in [-0.1, -0.05) is 61.4 Å². The molecule has 0 saturated heterocycles. The van der Waals surface area contributed by atoms with Gasteiger partial charge in [0.1, 0.15) is 0 Å². The van der Waals surface area contributed by atoms with Gasteiger partial charge in [0.15, 0.2) is 0 Å². The smallest absolute Gasteiger partial charge is 0.303 e. The predicted octanol–water partition coefficient (Wildman–Crippen LogP) is 7.31. The topological polar surface area (TPSA) is 156 Å². The van der Waals surface area contributed by atoms with Gasteiger partial charge < -0.3 is 30.6 Å². The molecular formula is C44H68O8S2. The molecule has 0 aromatic heterocycles. The molecule has 0 aromatic rings. The molecule has 4 aliphatic carbocycles. The molecule has 3 unspecified atom stereocenters. The van der Waals surface area contributed by atoms with Crippen LogP contribution in [0.1, 0.15) is 118 Å². The Kier molecular flexibility index (Phi) is 23.6. The Morgan fingerprint density at radius 3 is 1.39 bits per heavy atom. The monoisotopic (exact) mass is 788 g/mol. The minimum absolute atomic E-state index is 0. The number of aliphatic hydroxyl groups is 4. The summed E-state index contributed by atoms with van der Waals surface area (Å²) in [4.78, 5) is 21.2. The molecule has 0 amide bonds. The van der Waals surface area contributed by atoms with Crippen LogP contribution in [0, 0.1) is 71.0 Å². The van der Waals surface area contributed by atoms with Gasteiger partial charge in [0, 0.05) is 37.5 Å². The summed E-state index contributed by atoms with van der Waals surface area (Å²) in [7, 11) is 0. The van der Waals surface area contributed by atoms with Crippen molar-refractivity contribution in [2.45, 2.75) is 142 Å². The Balaban J connectivity index is 0.000000521. The van der Waals surface area contributed by atoms with Crippen molar-refractivity contribution in [2.24, 2.45) is 47.3 Å². The molecule has 4 fully saturated rings. The molecular weight excluding hydrogens is 721 g/mol. The summed E-state index contributed by atoms with van der Waals surface area (Å²) in [5, 5.41) is 58.8. The summed E-state index contributed by atoms with van der Waals surface area (Å²) in [6.45, 7) is 7.58. The highest BCUT2D eigenvalue weighted by Gasteiger charge is 2.46. The summed E-state index contributed by atoms with van der Waals surface area (Å²) >= 11 is 0. The van der Waals surface area contributed by atoms with Gasteiger partial charge >= 0.3 is 11.9 Å². The van der Waals surface area contributed by atoms with Crippen molar-refractivity contribution in [1.29, 1.82) is 0 Å². The predicted molar refractivity (Wildman–Crippen MR) is 225 cm³/mol. The van der Waals surface area contributed by atoms with Crippen molar-refractivity contribution in [3.63, 3.8) is 0 Å². The van der Waals surface area contributed by atoms with E-state index in [1.807, 2.05) is 38.2 Å². The molecule has 12 atom stereocenters. The molecule has 4 saturated carbocycles. The number of rotatable bonds is 16. The standard InChI is InChI=1S/2C22H32O4.2H2S/c2*1-3-4-7-15(2)20(23)11-10-18-19-13-16(8-5-6-9-22(25)26)12-17(19)14-21(18)24;;/h2*8,10-11,15,17-21,23-24H,5-7,9,12-14H2,1-2H3,(H,25,26);2*1H2/b2*11-10+,16-8+;;/t15?,17?,18-,19+,20-,21-;15-,17?,18+,19-,20+,21+;;/m10../s1. The molecule has 6 N–H and O–H groups in total. The van der Waals surface area contributed by atoms with Gasteiger partial charge in [-0.2, -0.15) is 27.0 Å². The van der Waals surface area contributed by atoms with Gasteiger partial charge in [0.25, 0.3) is 0 Å². The van der Waals surface area contributed by atoms with Crippen molar-refractivity contribution >= 4 is 38.9 Å². The molecule has 4 rings (SSSR count). The number of unbranched alkanes of at least 4 members (excludes halogenated alkanes) is 2. The molecule has 0 aromatic carbocycles. The van der Waals surface area contributed by atoms with Gasteiger partial charge in [-0.25, -0.2) is 0 Å². The molecule has 10 heteroatoms.